The van der Waals surface area contributed by atoms with Gasteiger partial charge in [-0.2, -0.15) is 0 Å². The second kappa shape index (κ2) is 6.74. The lowest BCUT2D eigenvalue weighted by Gasteiger charge is -2.22. The highest BCUT2D eigenvalue weighted by Crippen LogP contribution is 2.34. The fourth-order valence-electron chi connectivity index (χ4n) is 1.91. The average molecular weight is 226 g/mol. The Balaban J connectivity index is 2.44. The van der Waals surface area contributed by atoms with E-state index in [1.165, 1.54) is 12.8 Å². The maximum absolute atomic E-state index is 4.64. The Bertz CT molecular complexity index is 211. The van der Waals surface area contributed by atoms with E-state index >= 15 is 0 Å². The first kappa shape index (κ1) is 13.3. The first-order valence-electron chi connectivity index (χ1n) is 6.37. The van der Waals surface area contributed by atoms with Gasteiger partial charge in [0.2, 0.25) is 0 Å². The van der Waals surface area contributed by atoms with Crippen LogP contribution in [-0.4, -0.2) is 50.6 Å². The molecule has 0 saturated heterocycles. The van der Waals surface area contributed by atoms with Gasteiger partial charge in [-0.05, 0) is 46.7 Å². The van der Waals surface area contributed by atoms with E-state index in [0.29, 0.717) is 6.04 Å². The van der Waals surface area contributed by atoms with E-state index in [4.69, 9.17) is 0 Å². The zero-order valence-corrected chi connectivity index (χ0v) is 11.1. The molecule has 0 aromatic carbocycles. The smallest absolute Gasteiger partial charge is 0.191 e. The third kappa shape index (κ3) is 4.39. The van der Waals surface area contributed by atoms with E-state index in [2.05, 4.69) is 48.5 Å². The van der Waals surface area contributed by atoms with Gasteiger partial charge in [0.1, 0.15) is 0 Å². The third-order valence-electron chi connectivity index (χ3n) is 2.95. The molecule has 1 saturated carbocycles. The van der Waals surface area contributed by atoms with E-state index in [1.54, 1.807) is 0 Å². The Morgan fingerprint density at radius 3 is 2.19 bits per heavy atom. The third-order valence-corrected chi connectivity index (χ3v) is 2.95. The molecule has 2 N–H and O–H groups in total. The van der Waals surface area contributed by atoms with Crippen molar-refractivity contribution in [2.75, 3.05) is 33.7 Å². The van der Waals surface area contributed by atoms with E-state index < -0.39 is 0 Å². The molecule has 0 bridgehead atoms. The second-order valence-electron chi connectivity index (χ2n) is 4.62. The van der Waals surface area contributed by atoms with E-state index in [0.717, 1.165) is 31.5 Å². The van der Waals surface area contributed by atoms with E-state index in [-0.39, 0.29) is 0 Å². The second-order valence-corrected chi connectivity index (χ2v) is 4.62. The predicted molar refractivity (Wildman–Crippen MR) is 69.9 cm³/mol. The van der Waals surface area contributed by atoms with Crippen molar-refractivity contribution in [2.24, 2.45) is 10.9 Å². The summed E-state index contributed by atoms with van der Waals surface area (Å²) in [5.74, 6) is 1.81. The van der Waals surface area contributed by atoms with Gasteiger partial charge < -0.3 is 15.5 Å². The van der Waals surface area contributed by atoms with Crippen molar-refractivity contribution >= 4 is 5.96 Å². The first-order chi connectivity index (χ1) is 7.69. The molecule has 0 amide bonds. The summed E-state index contributed by atoms with van der Waals surface area (Å²) in [5.41, 5.74) is 0. The summed E-state index contributed by atoms with van der Waals surface area (Å²) in [7, 11) is 4.30. The summed E-state index contributed by atoms with van der Waals surface area (Å²) >= 11 is 0. The molecule has 0 aliphatic heterocycles. The molecular formula is C12H26N4. The quantitative estimate of drug-likeness (QED) is 0.522. The maximum Gasteiger partial charge on any atom is 0.191 e. The predicted octanol–water partition coefficient (Wildman–Crippen LogP) is 0.902. The molecule has 0 heterocycles. The fraction of sp³-hybridized carbons (Fsp3) is 0.917. The molecule has 0 radical (unpaired) electrons. The normalized spacial score (nSPS) is 17.1. The van der Waals surface area contributed by atoms with Gasteiger partial charge in [0.15, 0.2) is 5.96 Å². The van der Waals surface area contributed by atoms with Crippen molar-refractivity contribution in [3.05, 3.63) is 0 Å². The van der Waals surface area contributed by atoms with Crippen LogP contribution < -0.4 is 10.6 Å². The van der Waals surface area contributed by atoms with Crippen LogP contribution in [0.25, 0.3) is 0 Å². The first-order valence-corrected chi connectivity index (χ1v) is 6.37. The molecule has 1 aliphatic rings. The van der Waals surface area contributed by atoms with Gasteiger partial charge >= 0.3 is 0 Å². The molecule has 1 aliphatic carbocycles. The number of rotatable bonds is 6. The summed E-state index contributed by atoms with van der Waals surface area (Å²) in [6, 6.07) is 0.604. The van der Waals surface area contributed by atoms with Gasteiger partial charge in [0.25, 0.3) is 0 Å². The zero-order valence-electron chi connectivity index (χ0n) is 11.1. The summed E-state index contributed by atoms with van der Waals surface area (Å²) in [4.78, 5) is 6.94. The number of guanidine groups is 1. The molecule has 1 atom stereocenters. The molecule has 0 spiro atoms. The van der Waals surface area contributed by atoms with E-state index in [1.807, 2.05) is 0 Å². The van der Waals surface area contributed by atoms with Crippen LogP contribution in [0, 0.1) is 5.92 Å². The SMILES string of the molecule is CCNC(=NCC(C1CC1)N(C)C)NCC. The van der Waals surface area contributed by atoms with Crippen LogP contribution in [0.15, 0.2) is 4.99 Å². The minimum atomic E-state index is 0.604. The van der Waals surface area contributed by atoms with Crippen LogP contribution in [-0.2, 0) is 0 Å². The zero-order chi connectivity index (χ0) is 12.0. The summed E-state index contributed by atoms with van der Waals surface area (Å²) in [6.07, 6.45) is 2.74. The summed E-state index contributed by atoms with van der Waals surface area (Å²) in [5, 5.41) is 6.52. The highest BCUT2D eigenvalue weighted by molar-refractivity contribution is 5.79. The largest absolute Gasteiger partial charge is 0.357 e. The number of hydrogen-bond donors (Lipinski definition) is 2. The summed E-state index contributed by atoms with van der Waals surface area (Å²) in [6.45, 7) is 6.92. The highest BCUT2D eigenvalue weighted by Gasteiger charge is 2.32. The van der Waals surface area contributed by atoms with Crippen LogP contribution in [0.4, 0.5) is 0 Å². The summed E-state index contributed by atoms with van der Waals surface area (Å²) < 4.78 is 0. The Labute approximate surface area is 99.5 Å². The van der Waals surface area contributed by atoms with Crippen molar-refractivity contribution in [3.63, 3.8) is 0 Å². The van der Waals surface area contributed by atoms with Crippen LogP contribution in [0.5, 0.6) is 0 Å². The fourth-order valence-corrected chi connectivity index (χ4v) is 1.91. The van der Waals surface area contributed by atoms with Crippen molar-refractivity contribution in [1.82, 2.24) is 15.5 Å². The monoisotopic (exact) mass is 226 g/mol. The molecule has 1 unspecified atom stereocenters. The molecule has 4 nitrogen and oxygen atoms in total. The van der Waals surface area contributed by atoms with Crippen molar-refractivity contribution in [2.45, 2.75) is 32.7 Å². The van der Waals surface area contributed by atoms with Crippen molar-refractivity contribution in [3.8, 4) is 0 Å². The van der Waals surface area contributed by atoms with Gasteiger partial charge in [-0.3, -0.25) is 4.99 Å². The van der Waals surface area contributed by atoms with Gasteiger partial charge in [0, 0.05) is 19.1 Å². The lowest BCUT2D eigenvalue weighted by atomic mass is 10.2. The average Bonchev–Trinajstić information content (AvgIpc) is 3.02. The molecule has 16 heavy (non-hydrogen) atoms. The van der Waals surface area contributed by atoms with Crippen molar-refractivity contribution < 1.29 is 0 Å². The Morgan fingerprint density at radius 1 is 1.25 bits per heavy atom. The lowest BCUT2D eigenvalue weighted by molar-refractivity contribution is 0.271. The van der Waals surface area contributed by atoms with E-state index in [9.17, 15) is 0 Å². The minimum absolute atomic E-state index is 0.604. The number of hydrogen-bond acceptors (Lipinski definition) is 2. The highest BCUT2D eigenvalue weighted by atomic mass is 15.2. The van der Waals surface area contributed by atoms with Crippen molar-refractivity contribution in [1.29, 1.82) is 0 Å². The number of aliphatic imine (C=N–C) groups is 1. The van der Waals surface area contributed by atoms with Crippen LogP contribution in [0.2, 0.25) is 0 Å². The Kier molecular flexibility index (Phi) is 5.60. The topological polar surface area (TPSA) is 39.7 Å². The Hall–Kier alpha value is -0.770. The number of likely N-dealkylation sites (N-methyl/N-ethyl adjacent to an activating group) is 1. The lowest BCUT2D eigenvalue weighted by Crippen LogP contribution is -2.39. The minimum Gasteiger partial charge on any atom is -0.357 e. The van der Waals surface area contributed by atoms with Gasteiger partial charge in [0.05, 0.1) is 6.54 Å². The number of nitrogens with zero attached hydrogens (tertiary/aromatic N) is 2. The van der Waals surface area contributed by atoms with Crippen LogP contribution in [0.1, 0.15) is 26.7 Å². The molecule has 1 rings (SSSR count). The van der Waals surface area contributed by atoms with Gasteiger partial charge in [-0.25, -0.2) is 0 Å². The maximum atomic E-state index is 4.64. The molecular weight excluding hydrogens is 200 g/mol. The molecule has 4 heteroatoms. The van der Waals surface area contributed by atoms with Gasteiger partial charge in [-0.1, -0.05) is 0 Å². The molecule has 1 fully saturated rings. The van der Waals surface area contributed by atoms with Gasteiger partial charge in [-0.15, -0.1) is 0 Å². The molecule has 0 aromatic heterocycles. The Morgan fingerprint density at radius 2 is 1.81 bits per heavy atom. The standard InChI is InChI=1S/C12H26N4/c1-5-13-12(14-6-2)15-9-11(16(3)4)10-7-8-10/h10-11H,5-9H2,1-4H3,(H2,13,14,15). The van der Waals surface area contributed by atoms with Crippen LogP contribution in [0.3, 0.4) is 0 Å². The number of nitrogens with one attached hydrogen (secondary N) is 2. The molecule has 0 aromatic rings. The van der Waals surface area contributed by atoms with Crippen LogP contribution >= 0.6 is 0 Å². The molecule has 94 valence electrons.